The van der Waals surface area contributed by atoms with E-state index in [1.807, 2.05) is 82.3 Å². The maximum Gasteiger partial charge on any atom is 0.244 e. The van der Waals surface area contributed by atoms with Crippen molar-refractivity contribution in [2.45, 2.75) is 52.2 Å². The predicted octanol–water partition coefficient (Wildman–Crippen LogP) is 5.62. The van der Waals surface area contributed by atoms with E-state index in [0.29, 0.717) is 0 Å². The molecule has 3 rings (SSSR count). The summed E-state index contributed by atoms with van der Waals surface area (Å²) in [5, 5.41) is 3.46. The van der Waals surface area contributed by atoms with Crippen LogP contribution in [0.3, 0.4) is 0 Å². The van der Waals surface area contributed by atoms with Gasteiger partial charge in [-0.05, 0) is 57.0 Å². The second-order valence-corrected chi connectivity index (χ2v) is 13.6. The number of benzene rings is 3. The Kier molecular flexibility index (Phi) is 10.3. The Bertz CT molecular complexity index is 1420. The SMILES string of the molecule is Cc1ccc(CN(C(=O)CN(c2cc(Cl)cc(Cl)c2)S(C)(=O)=O)[C@@H](Cc2ccccc2)C(=O)NC(C)(C)C)cc1. The number of amides is 2. The molecule has 10 heteroatoms. The molecule has 0 saturated heterocycles. The number of sulfonamides is 1. The van der Waals surface area contributed by atoms with Crippen LogP contribution in [0.15, 0.2) is 72.8 Å². The van der Waals surface area contributed by atoms with Gasteiger partial charge in [-0.15, -0.1) is 0 Å². The van der Waals surface area contributed by atoms with Gasteiger partial charge in [-0.1, -0.05) is 83.4 Å². The monoisotopic (exact) mass is 603 g/mol. The predicted molar refractivity (Wildman–Crippen MR) is 162 cm³/mol. The zero-order chi connectivity index (χ0) is 29.7. The molecule has 0 spiro atoms. The van der Waals surface area contributed by atoms with Crippen LogP contribution >= 0.6 is 23.2 Å². The van der Waals surface area contributed by atoms with Gasteiger partial charge in [-0.2, -0.15) is 0 Å². The quantitative estimate of drug-likeness (QED) is 0.326. The van der Waals surface area contributed by atoms with E-state index in [1.54, 1.807) is 0 Å². The maximum atomic E-state index is 14.1. The minimum absolute atomic E-state index is 0.0993. The number of anilines is 1. The van der Waals surface area contributed by atoms with Gasteiger partial charge in [-0.25, -0.2) is 8.42 Å². The summed E-state index contributed by atoms with van der Waals surface area (Å²) in [5.41, 5.74) is 2.31. The van der Waals surface area contributed by atoms with Gasteiger partial charge in [0.25, 0.3) is 0 Å². The number of halogens is 2. The summed E-state index contributed by atoms with van der Waals surface area (Å²) in [6.45, 7) is 7.11. The van der Waals surface area contributed by atoms with Crippen molar-refractivity contribution < 1.29 is 18.0 Å². The molecule has 3 aromatic carbocycles. The molecule has 0 bridgehead atoms. The highest BCUT2D eigenvalue weighted by molar-refractivity contribution is 7.92. The number of aryl methyl sites for hydroxylation is 1. The summed E-state index contributed by atoms with van der Waals surface area (Å²) in [4.78, 5) is 29.3. The van der Waals surface area contributed by atoms with Crippen LogP contribution in [0.2, 0.25) is 10.0 Å². The van der Waals surface area contributed by atoms with Gasteiger partial charge >= 0.3 is 0 Å². The van der Waals surface area contributed by atoms with Gasteiger partial charge in [0.2, 0.25) is 21.8 Å². The summed E-state index contributed by atoms with van der Waals surface area (Å²) in [7, 11) is -3.92. The molecule has 0 saturated carbocycles. The lowest BCUT2D eigenvalue weighted by molar-refractivity contribution is -0.140. The van der Waals surface area contributed by atoms with Crippen LogP contribution in [0.5, 0.6) is 0 Å². The molecular formula is C30H35Cl2N3O4S. The van der Waals surface area contributed by atoms with Crippen molar-refractivity contribution in [1.29, 1.82) is 0 Å². The summed E-state index contributed by atoms with van der Waals surface area (Å²) in [5.74, 6) is -0.888. The third-order valence-electron chi connectivity index (χ3n) is 6.06. The van der Waals surface area contributed by atoms with Crippen LogP contribution in [-0.4, -0.2) is 49.5 Å². The van der Waals surface area contributed by atoms with E-state index in [0.717, 1.165) is 27.3 Å². The minimum Gasteiger partial charge on any atom is -0.350 e. The van der Waals surface area contributed by atoms with Gasteiger partial charge in [0.1, 0.15) is 12.6 Å². The highest BCUT2D eigenvalue weighted by Crippen LogP contribution is 2.27. The first kappa shape index (κ1) is 31.5. The summed E-state index contributed by atoms with van der Waals surface area (Å²) in [6.07, 6.45) is 1.25. The average molecular weight is 605 g/mol. The smallest absolute Gasteiger partial charge is 0.244 e. The molecule has 1 N–H and O–H groups in total. The van der Waals surface area contributed by atoms with E-state index in [-0.39, 0.29) is 34.6 Å². The number of hydrogen-bond donors (Lipinski definition) is 1. The molecule has 7 nitrogen and oxygen atoms in total. The lowest BCUT2D eigenvalue weighted by atomic mass is 10.0. The molecular weight excluding hydrogens is 569 g/mol. The third-order valence-corrected chi connectivity index (χ3v) is 7.63. The van der Waals surface area contributed by atoms with E-state index >= 15 is 0 Å². The first-order valence-electron chi connectivity index (χ1n) is 12.8. The van der Waals surface area contributed by atoms with Crippen LogP contribution in [0, 0.1) is 6.92 Å². The van der Waals surface area contributed by atoms with Crippen LogP contribution in [0.4, 0.5) is 5.69 Å². The molecule has 1 atom stereocenters. The van der Waals surface area contributed by atoms with Crippen molar-refractivity contribution in [3.05, 3.63) is 99.5 Å². The van der Waals surface area contributed by atoms with E-state index in [9.17, 15) is 18.0 Å². The minimum atomic E-state index is -3.92. The zero-order valence-corrected chi connectivity index (χ0v) is 25.6. The normalized spacial score (nSPS) is 12.5. The second kappa shape index (κ2) is 13.1. The van der Waals surface area contributed by atoms with Gasteiger partial charge in [0.05, 0.1) is 11.9 Å². The van der Waals surface area contributed by atoms with Crippen LogP contribution < -0.4 is 9.62 Å². The van der Waals surface area contributed by atoms with Crippen molar-refractivity contribution >= 4 is 50.7 Å². The van der Waals surface area contributed by atoms with Crippen LogP contribution in [0.25, 0.3) is 0 Å². The highest BCUT2D eigenvalue weighted by Gasteiger charge is 2.34. The van der Waals surface area contributed by atoms with Crippen molar-refractivity contribution in [3.8, 4) is 0 Å². The summed E-state index contributed by atoms with van der Waals surface area (Å²) in [6, 6.07) is 20.5. The Morgan fingerprint density at radius 2 is 1.48 bits per heavy atom. The second-order valence-electron chi connectivity index (χ2n) is 10.8. The van der Waals surface area contributed by atoms with Crippen molar-refractivity contribution in [3.63, 3.8) is 0 Å². The molecule has 3 aromatic rings. The molecule has 0 aromatic heterocycles. The number of hydrogen-bond acceptors (Lipinski definition) is 4. The third kappa shape index (κ3) is 9.25. The molecule has 2 amide bonds. The first-order chi connectivity index (χ1) is 18.6. The Hall–Kier alpha value is -3.07. The summed E-state index contributed by atoms with van der Waals surface area (Å²) >= 11 is 12.3. The van der Waals surface area contributed by atoms with E-state index in [1.165, 1.54) is 23.1 Å². The van der Waals surface area contributed by atoms with E-state index < -0.39 is 34.1 Å². The largest absolute Gasteiger partial charge is 0.350 e. The van der Waals surface area contributed by atoms with Crippen molar-refractivity contribution in [1.82, 2.24) is 10.2 Å². The van der Waals surface area contributed by atoms with Gasteiger partial charge in [-0.3, -0.25) is 13.9 Å². The standard InChI is InChI=1S/C30H35Cl2N3O4S/c1-21-11-13-23(14-12-21)19-34(27(29(37)33-30(2,3)4)15-22-9-7-6-8-10-22)28(36)20-35(40(5,38)39)26-17-24(31)16-25(32)18-26/h6-14,16-18,27H,15,19-20H2,1-5H3,(H,33,37)/t27-/m0/s1. The highest BCUT2D eigenvalue weighted by atomic mass is 35.5. The Morgan fingerprint density at radius 1 is 0.900 bits per heavy atom. The van der Waals surface area contributed by atoms with Crippen LogP contribution in [-0.2, 0) is 32.6 Å². The number of nitrogens with one attached hydrogen (secondary N) is 1. The van der Waals surface area contributed by atoms with Crippen molar-refractivity contribution in [2.75, 3.05) is 17.1 Å². The van der Waals surface area contributed by atoms with Crippen molar-refractivity contribution in [2.24, 2.45) is 0 Å². The average Bonchev–Trinajstić information content (AvgIpc) is 2.84. The molecule has 0 heterocycles. The maximum absolute atomic E-state index is 14.1. The Balaban J connectivity index is 2.08. The number of rotatable bonds is 10. The molecule has 0 aliphatic rings. The number of carbonyl (C=O) groups is 2. The zero-order valence-electron chi connectivity index (χ0n) is 23.3. The fourth-order valence-corrected chi connectivity index (χ4v) is 5.54. The first-order valence-corrected chi connectivity index (χ1v) is 15.4. The molecule has 0 aliphatic carbocycles. The Labute approximate surface area is 247 Å². The van der Waals surface area contributed by atoms with E-state index in [2.05, 4.69) is 5.32 Å². The van der Waals surface area contributed by atoms with Crippen LogP contribution in [0.1, 0.15) is 37.5 Å². The number of carbonyl (C=O) groups excluding carboxylic acids is 2. The molecule has 214 valence electrons. The number of nitrogens with zero attached hydrogens (tertiary/aromatic N) is 2. The van der Waals surface area contributed by atoms with Gasteiger partial charge in [0, 0.05) is 28.5 Å². The lowest BCUT2D eigenvalue weighted by Gasteiger charge is -2.35. The summed E-state index contributed by atoms with van der Waals surface area (Å²) < 4.78 is 26.7. The molecule has 0 fully saturated rings. The lowest BCUT2D eigenvalue weighted by Crippen LogP contribution is -2.56. The Morgan fingerprint density at radius 3 is 2.00 bits per heavy atom. The fraction of sp³-hybridized carbons (Fsp3) is 0.333. The fourth-order valence-electron chi connectivity index (χ4n) is 4.19. The van der Waals surface area contributed by atoms with Gasteiger partial charge < -0.3 is 10.2 Å². The molecule has 0 radical (unpaired) electrons. The molecule has 40 heavy (non-hydrogen) atoms. The topological polar surface area (TPSA) is 86.8 Å². The molecule has 0 unspecified atom stereocenters. The van der Waals surface area contributed by atoms with E-state index in [4.69, 9.17) is 23.2 Å². The molecule has 0 aliphatic heterocycles. The van der Waals surface area contributed by atoms with Gasteiger partial charge in [0.15, 0.2) is 0 Å².